The number of halogens is 3. The molecule has 1 N–H and O–H groups in total. The van der Waals surface area contributed by atoms with Crippen LogP contribution in [-0.2, 0) is 6.42 Å². The Balaban J connectivity index is 1.96. The summed E-state index contributed by atoms with van der Waals surface area (Å²) in [4.78, 5) is 0. The van der Waals surface area contributed by atoms with Crippen molar-refractivity contribution in [2.45, 2.75) is 25.8 Å². The Hall–Kier alpha value is -0.700. The molecule has 0 heterocycles. The zero-order valence-electron chi connectivity index (χ0n) is 11.2. The van der Waals surface area contributed by atoms with Crippen LogP contribution in [0.2, 0.25) is 10.0 Å². The van der Waals surface area contributed by atoms with Crippen LogP contribution >= 0.6 is 39.1 Å². The molecule has 0 amide bonds. The minimum Gasteiger partial charge on any atom is -0.380 e. The van der Waals surface area contributed by atoms with E-state index in [1.165, 1.54) is 5.56 Å². The van der Waals surface area contributed by atoms with E-state index in [9.17, 15) is 0 Å². The molecule has 4 heteroatoms. The second kappa shape index (κ2) is 7.35. The molecule has 106 valence electrons. The zero-order chi connectivity index (χ0) is 14.5. The summed E-state index contributed by atoms with van der Waals surface area (Å²) < 4.78 is 0.884. The lowest BCUT2D eigenvalue weighted by molar-refractivity contribution is 0.706. The van der Waals surface area contributed by atoms with Gasteiger partial charge in [-0.15, -0.1) is 0 Å². The van der Waals surface area contributed by atoms with E-state index in [1.54, 1.807) is 0 Å². The zero-order valence-corrected chi connectivity index (χ0v) is 14.3. The Kier molecular flexibility index (Phi) is 5.76. The highest BCUT2D eigenvalue weighted by Gasteiger charge is 2.10. The lowest BCUT2D eigenvalue weighted by Gasteiger charge is -2.18. The van der Waals surface area contributed by atoms with Gasteiger partial charge in [0, 0.05) is 10.5 Å². The maximum Gasteiger partial charge on any atom is 0.0721 e. The average molecular weight is 373 g/mol. The summed E-state index contributed by atoms with van der Waals surface area (Å²) in [6.45, 7) is 2.14. The van der Waals surface area contributed by atoms with E-state index < -0.39 is 0 Å². The first-order valence-corrected chi connectivity index (χ1v) is 8.06. The first-order chi connectivity index (χ1) is 9.56. The Bertz CT molecular complexity index is 549. The van der Waals surface area contributed by atoms with Crippen molar-refractivity contribution in [3.63, 3.8) is 0 Å². The Labute approximate surface area is 138 Å². The van der Waals surface area contributed by atoms with Crippen molar-refractivity contribution in [1.29, 1.82) is 0 Å². The van der Waals surface area contributed by atoms with Gasteiger partial charge in [0.05, 0.1) is 15.7 Å². The fourth-order valence-corrected chi connectivity index (χ4v) is 3.34. The normalized spacial score (nSPS) is 12.2. The van der Waals surface area contributed by atoms with Crippen molar-refractivity contribution in [1.82, 2.24) is 0 Å². The summed E-state index contributed by atoms with van der Waals surface area (Å²) in [6.07, 6.45) is 2.05. The summed E-state index contributed by atoms with van der Waals surface area (Å²) in [5.74, 6) is 0. The van der Waals surface area contributed by atoms with Crippen LogP contribution in [0.1, 0.15) is 18.9 Å². The first kappa shape index (κ1) is 15.7. The largest absolute Gasteiger partial charge is 0.380 e. The maximum absolute atomic E-state index is 6.22. The van der Waals surface area contributed by atoms with Crippen LogP contribution in [0.3, 0.4) is 0 Å². The van der Waals surface area contributed by atoms with Crippen LogP contribution in [0.25, 0.3) is 0 Å². The SMILES string of the molecule is CC(CCc1ccccc1)Nc1c(Cl)cc(Br)cc1Cl. The second-order valence-corrected chi connectivity index (χ2v) is 6.54. The number of rotatable bonds is 5. The standard InChI is InChI=1S/C16H16BrCl2N/c1-11(7-8-12-5-3-2-4-6-12)20-16-14(18)9-13(17)10-15(16)19/h2-6,9-11,20H,7-8H2,1H3. The molecule has 2 rings (SSSR count). The predicted octanol–water partition coefficient (Wildman–Crippen LogP) is 6.19. The fraction of sp³-hybridized carbons (Fsp3) is 0.250. The molecule has 0 spiro atoms. The number of anilines is 1. The maximum atomic E-state index is 6.22. The molecule has 0 aromatic heterocycles. The molecule has 0 aliphatic rings. The van der Waals surface area contributed by atoms with Crippen LogP contribution in [-0.4, -0.2) is 6.04 Å². The van der Waals surface area contributed by atoms with Gasteiger partial charge in [-0.1, -0.05) is 69.5 Å². The highest BCUT2D eigenvalue weighted by Crippen LogP contribution is 2.34. The predicted molar refractivity (Wildman–Crippen MR) is 92.0 cm³/mol. The van der Waals surface area contributed by atoms with E-state index in [0.717, 1.165) is 23.0 Å². The van der Waals surface area contributed by atoms with Crippen LogP contribution in [0, 0.1) is 0 Å². The van der Waals surface area contributed by atoms with Crippen molar-refractivity contribution in [3.8, 4) is 0 Å². The summed E-state index contributed by atoms with van der Waals surface area (Å²) in [6, 6.07) is 14.4. The van der Waals surface area contributed by atoms with Crippen LogP contribution in [0.5, 0.6) is 0 Å². The van der Waals surface area contributed by atoms with Gasteiger partial charge in [0.25, 0.3) is 0 Å². The Morgan fingerprint density at radius 2 is 1.70 bits per heavy atom. The molecule has 1 atom stereocenters. The molecule has 0 aliphatic carbocycles. The lowest BCUT2D eigenvalue weighted by atomic mass is 10.1. The number of benzene rings is 2. The molecule has 0 aliphatic heterocycles. The molecule has 0 bridgehead atoms. The van der Waals surface area contributed by atoms with Crippen molar-refractivity contribution in [3.05, 3.63) is 62.5 Å². The monoisotopic (exact) mass is 371 g/mol. The summed E-state index contributed by atoms with van der Waals surface area (Å²) in [5, 5.41) is 4.66. The quantitative estimate of drug-likeness (QED) is 0.659. The van der Waals surface area contributed by atoms with E-state index in [4.69, 9.17) is 23.2 Å². The topological polar surface area (TPSA) is 12.0 Å². The molecule has 1 unspecified atom stereocenters. The Morgan fingerprint density at radius 3 is 2.30 bits per heavy atom. The van der Waals surface area contributed by atoms with E-state index in [-0.39, 0.29) is 0 Å². The van der Waals surface area contributed by atoms with E-state index >= 15 is 0 Å². The van der Waals surface area contributed by atoms with Crippen LogP contribution < -0.4 is 5.32 Å². The van der Waals surface area contributed by atoms with Gasteiger partial charge in [-0.2, -0.15) is 0 Å². The third-order valence-electron chi connectivity index (χ3n) is 3.11. The molecule has 0 fully saturated rings. The second-order valence-electron chi connectivity index (χ2n) is 4.81. The van der Waals surface area contributed by atoms with Gasteiger partial charge in [0.1, 0.15) is 0 Å². The molecular formula is C16H16BrCl2N. The average Bonchev–Trinajstić information content (AvgIpc) is 2.42. The fourth-order valence-electron chi connectivity index (χ4n) is 2.03. The van der Waals surface area contributed by atoms with E-state index in [0.29, 0.717) is 16.1 Å². The van der Waals surface area contributed by atoms with Gasteiger partial charge in [0.2, 0.25) is 0 Å². The minimum absolute atomic E-state index is 0.298. The molecule has 1 nitrogen and oxygen atoms in total. The van der Waals surface area contributed by atoms with Gasteiger partial charge in [0.15, 0.2) is 0 Å². The third-order valence-corrected chi connectivity index (χ3v) is 4.16. The van der Waals surface area contributed by atoms with Crippen LogP contribution in [0.15, 0.2) is 46.9 Å². The molecule has 0 saturated heterocycles. The van der Waals surface area contributed by atoms with Gasteiger partial charge < -0.3 is 5.32 Å². The number of hydrogen-bond acceptors (Lipinski definition) is 1. The molecule has 0 radical (unpaired) electrons. The van der Waals surface area contributed by atoms with Gasteiger partial charge >= 0.3 is 0 Å². The van der Waals surface area contributed by atoms with Crippen molar-refractivity contribution < 1.29 is 0 Å². The highest BCUT2D eigenvalue weighted by atomic mass is 79.9. The number of aryl methyl sites for hydroxylation is 1. The van der Waals surface area contributed by atoms with Crippen molar-refractivity contribution in [2.24, 2.45) is 0 Å². The summed E-state index contributed by atoms with van der Waals surface area (Å²) in [7, 11) is 0. The molecule has 0 saturated carbocycles. The lowest BCUT2D eigenvalue weighted by Crippen LogP contribution is -2.16. The number of nitrogens with one attached hydrogen (secondary N) is 1. The van der Waals surface area contributed by atoms with Crippen molar-refractivity contribution in [2.75, 3.05) is 5.32 Å². The summed E-state index contributed by atoms with van der Waals surface area (Å²) >= 11 is 15.8. The van der Waals surface area contributed by atoms with Gasteiger partial charge in [-0.3, -0.25) is 0 Å². The molecule has 2 aromatic rings. The first-order valence-electron chi connectivity index (χ1n) is 6.51. The third kappa shape index (κ3) is 4.41. The van der Waals surface area contributed by atoms with E-state index in [2.05, 4.69) is 52.4 Å². The molecule has 20 heavy (non-hydrogen) atoms. The van der Waals surface area contributed by atoms with Gasteiger partial charge in [-0.05, 0) is 37.5 Å². The number of hydrogen-bond donors (Lipinski definition) is 1. The smallest absolute Gasteiger partial charge is 0.0721 e. The Morgan fingerprint density at radius 1 is 1.10 bits per heavy atom. The molecular weight excluding hydrogens is 357 g/mol. The highest BCUT2D eigenvalue weighted by molar-refractivity contribution is 9.10. The summed E-state index contributed by atoms with van der Waals surface area (Å²) in [5.41, 5.74) is 2.14. The van der Waals surface area contributed by atoms with Crippen molar-refractivity contribution >= 4 is 44.8 Å². The molecule has 2 aromatic carbocycles. The van der Waals surface area contributed by atoms with Crippen LogP contribution in [0.4, 0.5) is 5.69 Å². The van der Waals surface area contributed by atoms with Gasteiger partial charge in [-0.25, -0.2) is 0 Å². The minimum atomic E-state index is 0.298. The van der Waals surface area contributed by atoms with E-state index in [1.807, 2.05) is 18.2 Å².